The number of anilines is 1. The molecule has 1 aromatic heterocycles. The minimum Gasteiger partial charge on any atom is -0.507 e. The summed E-state index contributed by atoms with van der Waals surface area (Å²) in [7, 11) is 0. The molecule has 0 radical (unpaired) electrons. The van der Waals surface area contributed by atoms with Crippen LogP contribution in [0.4, 0.5) is 5.13 Å². The molecule has 0 saturated carbocycles. The first-order chi connectivity index (χ1) is 21.3. The van der Waals surface area contributed by atoms with E-state index < -0.39 is 17.7 Å². The first kappa shape index (κ1) is 29.5. The minimum atomic E-state index is -0.968. The second-order valence-electron chi connectivity index (χ2n) is 10.7. The van der Waals surface area contributed by atoms with Gasteiger partial charge in [-0.2, -0.15) is 0 Å². The van der Waals surface area contributed by atoms with Gasteiger partial charge in [-0.15, -0.1) is 0 Å². The lowest BCUT2D eigenvalue weighted by Crippen LogP contribution is -2.29. The number of amides is 1. The SMILES string of the molecule is CCCOc1ccc([C@H]2C(=C(O)c3ccc4c(c3)C[C@H](C)O4)C(=O)C(=O)N2c2nc3ccc(OCC)cc3s2)cc1OCC. The number of ketones is 1. The Morgan fingerprint density at radius 3 is 2.59 bits per heavy atom. The second-order valence-corrected chi connectivity index (χ2v) is 11.7. The predicted molar refractivity (Wildman–Crippen MR) is 169 cm³/mol. The number of hydrogen-bond acceptors (Lipinski definition) is 9. The summed E-state index contributed by atoms with van der Waals surface area (Å²) in [5, 5.41) is 12.1. The van der Waals surface area contributed by atoms with Gasteiger partial charge in [0, 0.05) is 12.0 Å². The standard InChI is InChI=1S/C34H34N2O7S/c1-5-14-42-26-13-8-20(17-27(26)41-7-3)30-29(31(37)21-9-12-25-22(16-21)15-19(4)43-25)32(38)33(39)36(30)34-35-24-11-10-23(40-6-2)18-28(24)44-34/h8-13,16-19,30,37H,5-7,14-15H2,1-4H3/t19-,30-/m0/s1. The average Bonchev–Trinajstić information content (AvgIpc) is 3.68. The highest BCUT2D eigenvalue weighted by atomic mass is 32.1. The Hall–Kier alpha value is -4.57. The van der Waals surface area contributed by atoms with Crippen molar-refractivity contribution in [2.75, 3.05) is 24.7 Å². The fourth-order valence-corrected chi connectivity index (χ4v) is 6.64. The van der Waals surface area contributed by atoms with Crippen molar-refractivity contribution >= 4 is 44.1 Å². The van der Waals surface area contributed by atoms with Crippen molar-refractivity contribution in [1.82, 2.24) is 4.98 Å². The number of Topliss-reactive ketones (excluding diaryl/α,β-unsaturated/α-hetero) is 1. The highest BCUT2D eigenvalue weighted by molar-refractivity contribution is 7.22. The molecule has 2 aliphatic rings. The second kappa shape index (κ2) is 12.2. The van der Waals surface area contributed by atoms with Crippen molar-refractivity contribution in [2.45, 2.75) is 52.7 Å². The number of nitrogens with zero attached hydrogens (tertiary/aromatic N) is 2. The first-order valence-corrected chi connectivity index (χ1v) is 15.7. The monoisotopic (exact) mass is 614 g/mol. The number of thiazole rings is 1. The number of aliphatic hydroxyl groups excluding tert-OH is 1. The number of rotatable bonds is 10. The van der Waals surface area contributed by atoms with E-state index >= 15 is 0 Å². The maximum Gasteiger partial charge on any atom is 0.301 e. The van der Waals surface area contributed by atoms with Crippen LogP contribution in [0.3, 0.4) is 0 Å². The number of aromatic nitrogens is 1. The Morgan fingerprint density at radius 1 is 1.00 bits per heavy atom. The summed E-state index contributed by atoms with van der Waals surface area (Å²) in [6.45, 7) is 9.19. The van der Waals surface area contributed by atoms with Crippen LogP contribution in [0.25, 0.3) is 16.0 Å². The van der Waals surface area contributed by atoms with Crippen LogP contribution in [0.1, 0.15) is 56.8 Å². The maximum absolute atomic E-state index is 13.8. The molecule has 44 heavy (non-hydrogen) atoms. The quantitative estimate of drug-likeness (QED) is 0.118. The largest absolute Gasteiger partial charge is 0.507 e. The molecule has 1 fully saturated rings. The van der Waals surface area contributed by atoms with E-state index in [0.29, 0.717) is 65.3 Å². The summed E-state index contributed by atoms with van der Waals surface area (Å²) in [6.07, 6.45) is 1.52. The normalized spacial score (nSPS) is 18.9. The van der Waals surface area contributed by atoms with Crippen LogP contribution in [0.5, 0.6) is 23.0 Å². The van der Waals surface area contributed by atoms with Crippen LogP contribution in [-0.4, -0.2) is 47.7 Å². The molecule has 0 unspecified atom stereocenters. The molecule has 0 bridgehead atoms. The molecule has 1 saturated heterocycles. The van der Waals surface area contributed by atoms with E-state index in [4.69, 9.17) is 23.9 Å². The van der Waals surface area contributed by atoms with Gasteiger partial charge in [0.25, 0.3) is 5.78 Å². The number of carbonyl (C=O) groups excluding carboxylic acids is 2. The summed E-state index contributed by atoms with van der Waals surface area (Å²) < 4.78 is 24.1. The molecule has 6 rings (SSSR count). The molecule has 228 valence electrons. The lowest BCUT2D eigenvalue weighted by Gasteiger charge is -2.24. The molecule has 0 spiro atoms. The van der Waals surface area contributed by atoms with Gasteiger partial charge in [0.15, 0.2) is 16.6 Å². The zero-order valence-corrected chi connectivity index (χ0v) is 25.9. The molecule has 2 aliphatic heterocycles. The van der Waals surface area contributed by atoms with Crippen LogP contribution in [0.15, 0.2) is 60.2 Å². The van der Waals surface area contributed by atoms with Gasteiger partial charge in [0.1, 0.15) is 23.4 Å². The number of hydrogen-bond donors (Lipinski definition) is 1. The van der Waals surface area contributed by atoms with E-state index in [1.54, 1.807) is 30.3 Å². The van der Waals surface area contributed by atoms with Gasteiger partial charge in [0.05, 0.1) is 41.7 Å². The van der Waals surface area contributed by atoms with Crippen molar-refractivity contribution in [3.05, 3.63) is 76.9 Å². The van der Waals surface area contributed by atoms with E-state index in [0.717, 1.165) is 22.4 Å². The van der Waals surface area contributed by atoms with E-state index in [1.165, 1.54) is 16.2 Å². The molecule has 4 aromatic rings. The molecule has 0 aliphatic carbocycles. The van der Waals surface area contributed by atoms with Gasteiger partial charge >= 0.3 is 5.91 Å². The number of ether oxygens (including phenoxy) is 4. The fraction of sp³-hybridized carbons (Fsp3) is 0.324. The van der Waals surface area contributed by atoms with Crippen molar-refractivity contribution in [2.24, 2.45) is 0 Å². The topological polar surface area (TPSA) is 107 Å². The van der Waals surface area contributed by atoms with Gasteiger partial charge in [-0.1, -0.05) is 24.3 Å². The Balaban J connectivity index is 1.52. The minimum absolute atomic E-state index is 0.0145. The fourth-order valence-electron chi connectivity index (χ4n) is 5.62. The molecule has 3 heterocycles. The summed E-state index contributed by atoms with van der Waals surface area (Å²) in [4.78, 5) is 33.7. The molecular formula is C34H34N2O7S. The molecule has 10 heteroatoms. The van der Waals surface area contributed by atoms with Gasteiger partial charge in [-0.3, -0.25) is 14.5 Å². The van der Waals surface area contributed by atoms with Crippen LogP contribution in [-0.2, 0) is 16.0 Å². The Labute approximate surface area is 259 Å². The Kier molecular flexibility index (Phi) is 8.18. The van der Waals surface area contributed by atoms with E-state index in [2.05, 4.69) is 0 Å². The third-order valence-electron chi connectivity index (χ3n) is 7.52. The predicted octanol–water partition coefficient (Wildman–Crippen LogP) is 6.83. The first-order valence-electron chi connectivity index (χ1n) is 14.9. The number of fused-ring (bicyclic) bond motifs is 2. The van der Waals surface area contributed by atoms with Gasteiger partial charge in [-0.05, 0) is 86.8 Å². The summed E-state index contributed by atoms with van der Waals surface area (Å²) in [5.41, 5.74) is 2.58. The van der Waals surface area contributed by atoms with Crippen molar-refractivity contribution < 1.29 is 33.6 Å². The summed E-state index contributed by atoms with van der Waals surface area (Å²) in [5.74, 6) is 0.647. The van der Waals surface area contributed by atoms with Crippen molar-refractivity contribution in [3.63, 3.8) is 0 Å². The van der Waals surface area contributed by atoms with Gasteiger partial charge in [0.2, 0.25) is 0 Å². The third-order valence-corrected chi connectivity index (χ3v) is 8.54. The van der Waals surface area contributed by atoms with E-state index in [1.807, 2.05) is 52.0 Å². The van der Waals surface area contributed by atoms with E-state index in [9.17, 15) is 14.7 Å². The highest BCUT2D eigenvalue weighted by Crippen LogP contribution is 2.46. The Morgan fingerprint density at radius 2 is 1.82 bits per heavy atom. The maximum atomic E-state index is 13.8. The zero-order chi connectivity index (χ0) is 31.0. The zero-order valence-electron chi connectivity index (χ0n) is 25.1. The van der Waals surface area contributed by atoms with Gasteiger partial charge < -0.3 is 24.1 Å². The van der Waals surface area contributed by atoms with Crippen LogP contribution < -0.4 is 23.8 Å². The number of benzene rings is 3. The van der Waals surface area contributed by atoms with E-state index in [-0.39, 0.29) is 17.4 Å². The van der Waals surface area contributed by atoms with Crippen molar-refractivity contribution in [1.29, 1.82) is 0 Å². The van der Waals surface area contributed by atoms with Gasteiger partial charge in [-0.25, -0.2) is 4.98 Å². The van der Waals surface area contributed by atoms with Crippen LogP contribution >= 0.6 is 11.3 Å². The lowest BCUT2D eigenvalue weighted by atomic mass is 9.94. The lowest BCUT2D eigenvalue weighted by molar-refractivity contribution is -0.132. The molecular weight excluding hydrogens is 580 g/mol. The molecule has 1 N–H and O–H groups in total. The Bertz CT molecular complexity index is 1780. The number of aliphatic hydroxyl groups is 1. The van der Waals surface area contributed by atoms with Crippen LogP contribution in [0.2, 0.25) is 0 Å². The highest BCUT2D eigenvalue weighted by Gasteiger charge is 2.48. The third kappa shape index (κ3) is 5.34. The van der Waals surface area contributed by atoms with Crippen molar-refractivity contribution in [3.8, 4) is 23.0 Å². The average molecular weight is 615 g/mol. The molecule has 2 atom stereocenters. The molecule has 9 nitrogen and oxygen atoms in total. The molecule has 1 amide bonds. The molecule has 3 aromatic carbocycles. The summed E-state index contributed by atoms with van der Waals surface area (Å²) >= 11 is 1.28. The van der Waals surface area contributed by atoms with Crippen LogP contribution in [0, 0.1) is 0 Å². The summed E-state index contributed by atoms with van der Waals surface area (Å²) in [6, 6.07) is 15.2. The number of carbonyl (C=O) groups is 2. The smallest absolute Gasteiger partial charge is 0.301 e.